The molecule has 0 radical (unpaired) electrons. The van der Waals surface area contributed by atoms with E-state index in [-0.39, 0.29) is 0 Å². The van der Waals surface area contributed by atoms with Gasteiger partial charge in [-0.05, 0) is 18.4 Å². The van der Waals surface area contributed by atoms with E-state index in [1.54, 1.807) is 0 Å². The molecule has 1 aliphatic rings. The average Bonchev–Trinajstić information content (AvgIpc) is 2.90. The highest BCUT2D eigenvalue weighted by Gasteiger charge is 2.20. The average molecular weight is 162 g/mol. The molecule has 2 heteroatoms. The Morgan fingerprint density at radius 1 is 1.25 bits per heavy atom. The van der Waals surface area contributed by atoms with Gasteiger partial charge in [0.2, 0.25) is 0 Å². The van der Waals surface area contributed by atoms with Crippen LogP contribution in [0.5, 0.6) is 0 Å². The zero-order chi connectivity index (χ0) is 8.23. The molecule has 0 amide bonds. The van der Waals surface area contributed by atoms with Crippen LogP contribution in [0, 0.1) is 5.92 Å². The number of hydrogen-bond acceptors (Lipinski definition) is 2. The van der Waals surface area contributed by atoms with Crippen LogP contribution >= 0.6 is 0 Å². The largest absolute Gasteiger partial charge is 0.241 e. The van der Waals surface area contributed by atoms with E-state index < -0.39 is 0 Å². The Labute approximate surface area is 73.1 Å². The van der Waals surface area contributed by atoms with Crippen LogP contribution in [0.1, 0.15) is 31.5 Å². The van der Waals surface area contributed by atoms with Crippen LogP contribution < -0.4 is 0 Å². The minimum atomic E-state index is 0.998. The van der Waals surface area contributed by atoms with Crippen LogP contribution in [0.25, 0.3) is 0 Å². The maximum absolute atomic E-state index is 4.18. The molecule has 2 nitrogen and oxygen atoms in total. The molecule has 1 aliphatic carbocycles. The van der Waals surface area contributed by atoms with Crippen LogP contribution in [0.2, 0.25) is 0 Å². The van der Waals surface area contributed by atoms with Gasteiger partial charge < -0.3 is 0 Å². The standard InChI is InChI=1S/C10H14N2/c1(3-9-5-6-9)4-10-11-7-2-8-12-10/h2,7-9H,1,3-6H2. The molecule has 1 aromatic heterocycles. The van der Waals surface area contributed by atoms with Crippen molar-refractivity contribution in [2.75, 3.05) is 0 Å². The van der Waals surface area contributed by atoms with Gasteiger partial charge in [-0.15, -0.1) is 0 Å². The molecule has 2 rings (SSSR count). The van der Waals surface area contributed by atoms with Gasteiger partial charge in [-0.3, -0.25) is 0 Å². The minimum absolute atomic E-state index is 0.998. The number of nitrogens with zero attached hydrogens (tertiary/aromatic N) is 2. The van der Waals surface area contributed by atoms with Crippen LogP contribution in [0.3, 0.4) is 0 Å². The Morgan fingerprint density at radius 3 is 2.67 bits per heavy atom. The van der Waals surface area contributed by atoms with Gasteiger partial charge in [0.25, 0.3) is 0 Å². The zero-order valence-corrected chi connectivity index (χ0v) is 7.24. The Bertz CT molecular complexity index is 229. The van der Waals surface area contributed by atoms with Gasteiger partial charge in [-0.25, -0.2) is 9.97 Å². The Balaban J connectivity index is 1.72. The normalized spacial score (nSPS) is 16.3. The first kappa shape index (κ1) is 7.71. The van der Waals surface area contributed by atoms with Gasteiger partial charge in [0.15, 0.2) is 0 Å². The summed E-state index contributed by atoms with van der Waals surface area (Å²) in [7, 11) is 0. The molecule has 1 heterocycles. The van der Waals surface area contributed by atoms with Gasteiger partial charge in [-0.2, -0.15) is 0 Å². The van der Waals surface area contributed by atoms with Crippen molar-refractivity contribution >= 4 is 0 Å². The van der Waals surface area contributed by atoms with Gasteiger partial charge in [-0.1, -0.05) is 19.3 Å². The van der Waals surface area contributed by atoms with E-state index in [9.17, 15) is 0 Å². The molecule has 1 aromatic rings. The first-order chi connectivity index (χ1) is 5.95. The molecule has 0 aromatic carbocycles. The second-order valence-corrected chi connectivity index (χ2v) is 3.50. The third-order valence-corrected chi connectivity index (χ3v) is 2.33. The molecule has 1 saturated carbocycles. The lowest BCUT2D eigenvalue weighted by molar-refractivity contribution is 0.650. The molecule has 0 N–H and O–H groups in total. The topological polar surface area (TPSA) is 25.8 Å². The fraction of sp³-hybridized carbons (Fsp3) is 0.600. The molecule has 12 heavy (non-hydrogen) atoms. The molecule has 0 spiro atoms. The summed E-state index contributed by atoms with van der Waals surface area (Å²) in [6.07, 6.45) is 10.2. The molecule has 0 bridgehead atoms. The third kappa shape index (κ3) is 2.29. The molecular formula is C10H14N2. The van der Waals surface area contributed by atoms with Crippen LogP contribution in [-0.4, -0.2) is 9.97 Å². The summed E-state index contributed by atoms with van der Waals surface area (Å²) in [5, 5.41) is 0. The van der Waals surface area contributed by atoms with Crippen LogP contribution in [-0.2, 0) is 6.42 Å². The van der Waals surface area contributed by atoms with E-state index in [4.69, 9.17) is 0 Å². The van der Waals surface area contributed by atoms with Gasteiger partial charge in [0.05, 0.1) is 0 Å². The van der Waals surface area contributed by atoms with Crippen molar-refractivity contribution < 1.29 is 0 Å². The van der Waals surface area contributed by atoms with Crippen molar-refractivity contribution in [1.82, 2.24) is 9.97 Å². The Hall–Kier alpha value is -0.920. The van der Waals surface area contributed by atoms with Crippen molar-refractivity contribution in [1.29, 1.82) is 0 Å². The summed E-state index contributed by atoms with van der Waals surface area (Å²) in [4.78, 5) is 8.37. The van der Waals surface area contributed by atoms with E-state index in [0.29, 0.717) is 0 Å². The second-order valence-electron chi connectivity index (χ2n) is 3.50. The van der Waals surface area contributed by atoms with Crippen molar-refractivity contribution in [3.05, 3.63) is 24.3 Å². The zero-order valence-electron chi connectivity index (χ0n) is 7.24. The lowest BCUT2D eigenvalue weighted by Crippen LogP contribution is -1.93. The number of rotatable bonds is 4. The van der Waals surface area contributed by atoms with E-state index in [0.717, 1.165) is 18.2 Å². The molecule has 1 fully saturated rings. The quantitative estimate of drug-likeness (QED) is 0.678. The predicted octanol–water partition coefficient (Wildman–Crippen LogP) is 2.21. The smallest absolute Gasteiger partial charge is 0.128 e. The molecular weight excluding hydrogens is 148 g/mol. The van der Waals surface area contributed by atoms with E-state index in [1.165, 1.54) is 25.7 Å². The number of hydrogen-bond donors (Lipinski definition) is 0. The summed E-state index contributed by atoms with van der Waals surface area (Å²) in [6.45, 7) is 0. The summed E-state index contributed by atoms with van der Waals surface area (Å²) in [5.74, 6) is 2.03. The van der Waals surface area contributed by atoms with Crippen molar-refractivity contribution in [2.24, 2.45) is 5.92 Å². The number of aryl methyl sites for hydroxylation is 1. The lowest BCUT2D eigenvalue weighted by Gasteiger charge is -1.97. The molecule has 0 aliphatic heterocycles. The van der Waals surface area contributed by atoms with E-state index in [2.05, 4.69) is 9.97 Å². The first-order valence-corrected chi connectivity index (χ1v) is 4.71. The summed E-state index contributed by atoms with van der Waals surface area (Å²) >= 11 is 0. The minimum Gasteiger partial charge on any atom is -0.241 e. The van der Waals surface area contributed by atoms with Gasteiger partial charge in [0.1, 0.15) is 5.82 Å². The third-order valence-electron chi connectivity index (χ3n) is 2.33. The van der Waals surface area contributed by atoms with Crippen molar-refractivity contribution in [3.8, 4) is 0 Å². The maximum Gasteiger partial charge on any atom is 0.128 e. The van der Waals surface area contributed by atoms with Crippen LogP contribution in [0.4, 0.5) is 0 Å². The Morgan fingerprint density at radius 2 is 2.00 bits per heavy atom. The fourth-order valence-corrected chi connectivity index (χ4v) is 1.41. The molecule has 0 unspecified atom stereocenters. The van der Waals surface area contributed by atoms with Gasteiger partial charge >= 0.3 is 0 Å². The fourth-order valence-electron chi connectivity index (χ4n) is 1.41. The van der Waals surface area contributed by atoms with Crippen molar-refractivity contribution in [3.63, 3.8) is 0 Å². The highest BCUT2D eigenvalue weighted by atomic mass is 14.8. The summed E-state index contributed by atoms with van der Waals surface area (Å²) < 4.78 is 0. The van der Waals surface area contributed by atoms with Gasteiger partial charge in [0, 0.05) is 18.8 Å². The van der Waals surface area contributed by atoms with Crippen molar-refractivity contribution in [2.45, 2.75) is 32.1 Å². The van der Waals surface area contributed by atoms with E-state index in [1.807, 2.05) is 18.5 Å². The van der Waals surface area contributed by atoms with Crippen LogP contribution in [0.15, 0.2) is 18.5 Å². The summed E-state index contributed by atoms with van der Waals surface area (Å²) in [5.41, 5.74) is 0. The Kier molecular flexibility index (Phi) is 2.35. The monoisotopic (exact) mass is 162 g/mol. The predicted molar refractivity (Wildman–Crippen MR) is 47.7 cm³/mol. The molecule has 0 atom stereocenters. The first-order valence-electron chi connectivity index (χ1n) is 4.71. The number of aromatic nitrogens is 2. The maximum atomic E-state index is 4.18. The lowest BCUT2D eigenvalue weighted by atomic mass is 10.2. The summed E-state index contributed by atoms with van der Waals surface area (Å²) in [6, 6.07) is 1.87. The highest BCUT2D eigenvalue weighted by Crippen LogP contribution is 2.33. The highest BCUT2D eigenvalue weighted by molar-refractivity contribution is 4.88. The second kappa shape index (κ2) is 3.65. The SMILES string of the molecule is c1cnc(CCCC2CC2)nc1. The van der Waals surface area contributed by atoms with E-state index >= 15 is 0 Å². The molecule has 64 valence electrons. The molecule has 0 saturated heterocycles.